The Morgan fingerprint density at radius 3 is 1.42 bits per heavy atom. The van der Waals surface area contributed by atoms with Gasteiger partial charge in [0, 0.05) is 0 Å². The lowest BCUT2D eigenvalue weighted by atomic mass is 9.80. The molecule has 104 valence electrons. The van der Waals surface area contributed by atoms with Crippen molar-refractivity contribution >= 4 is 11.6 Å². The van der Waals surface area contributed by atoms with Crippen molar-refractivity contribution < 1.29 is 30.0 Å². The minimum Gasteiger partial charge on any atom is -0.516 e. The van der Waals surface area contributed by atoms with Crippen molar-refractivity contribution in [1.82, 2.24) is 0 Å². The third kappa shape index (κ3) is 4.53. The molecule has 0 aliphatic rings. The predicted octanol–water partition coefficient (Wildman–Crippen LogP) is 0.351. The van der Waals surface area contributed by atoms with E-state index in [2.05, 4.69) is 0 Å². The van der Waals surface area contributed by atoms with E-state index in [1.165, 1.54) is 12.2 Å². The van der Waals surface area contributed by atoms with E-state index in [-0.39, 0.29) is 0 Å². The van der Waals surface area contributed by atoms with Crippen LogP contribution in [-0.2, 0) is 9.59 Å². The topological polar surface area (TPSA) is 115 Å². The van der Waals surface area contributed by atoms with Gasteiger partial charge in [-0.25, -0.2) is 0 Å². The summed E-state index contributed by atoms with van der Waals surface area (Å²) in [4.78, 5) is 23.7. The number of aliphatic hydroxyl groups excluding tert-OH is 4. The van der Waals surface area contributed by atoms with Gasteiger partial charge in [-0.3, -0.25) is 9.59 Å². The van der Waals surface area contributed by atoms with E-state index in [9.17, 15) is 19.8 Å². The fourth-order valence-electron chi connectivity index (χ4n) is 1.19. The second kappa shape index (κ2) is 8.84. The Labute approximate surface area is 110 Å². The zero-order valence-electron chi connectivity index (χ0n) is 10.1. The summed E-state index contributed by atoms with van der Waals surface area (Å²) in [6.07, 6.45) is 7.95. The van der Waals surface area contributed by atoms with Gasteiger partial charge < -0.3 is 20.4 Å². The average molecular weight is 268 g/mol. The largest absolute Gasteiger partial charge is 0.516 e. The lowest BCUT2D eigenvalue weighted by Gasteiger charge is -2.23. The Morgan fingerprint density at radius 1 is 0.789 bits per heavy atom. The molecule has 0 heterocycles. The molecule has 0 fully saturated rings. The first-order valence-electron chi connectivity index (χ1n) is 5.34. The molecule has 0 saturated carbocycles. The summed E-state index contributed by atoms with van der Waals surface area (Å²) in [6.45, 7) is -1.72. The van der Waals surface area contributed by atoms with Crippen molar-refractivity contribution in [2.75, 3.05) is 13.2 Å². The van der Waals surface area contributed by atoms with Crippen LogP contribution in [0.25, 0.3) is 0 Å². The van der Waals surface area contributed by atoms with Crippen LogP contribution in [0.4, 0.5) is 0 Å². The van der Waals surface area contributed by atoms with Crippen LogP contribution < -0.4 is 0 Å². The third-order valence-corrected chi connectivity index (χ3v) is 2.37. The molecule has 0 bridgehead atoms. The molecule has 19 heavy (non-hydrogen) atoms. The first kappa shape index (κ1) is 16.8. The number of carbonyl (C=O) groups excluding carboxylic acids is 2. The summed E-state index contributed by atoms with van der Waals surface area (Å²) in [7, 11) is 0. The number of carbonyl (C=O) groups is 2. The van der Waals surface area contributed by atoms with Gasteiger partial charge in [0.15, 0.2) is 11.6 Å². The average Bonchev–Trinajstić information content (AvgIpc) is 2.41. The second-order valence-corrected chi connectivity index (χ2v) is 3.53. The fourth-order valence-corrected chi connectivity index (χ4v) is 1.19. The van der Waals surface area contributed by atoms with Crippen LogP contribution >= 0.6 is 0 Å². The van der Waals surface area contributed by atoms with Gasteiger partial charge in [-0.2, -0.15) is 0 Å². The molecule has 0 aromatic rings. The number of aliphatic hydroxyl groups is 4. The highest BCUT2D eigenvalue weighted by atomic mass is 16.3. The Kier molecular flexibility index (Phi) is 7.83. The summed E-state index contributed by atoms with van der Waals surface area (Å²) in [6, 6.07) is 0. The van der Waals surface area contributed by atoms with Crippen LogP contribution in [0.15, 0.2) is 49.0 Å². The molecule has 0 radical (unpaired) electrons. The fraction of sp³-hybridized carbons (Fsp3) is 0.231. The maximum atomic E-state index is 11.8. The molecule has 0 aromatic heterocycles. The zero-order valence-corrected chi connectivity index (χ0v) is 10.1. The molecule has 0 aromatic carbocycles. The highest BCUT2D eigenvalue weighted by Crippen LogP contribution is 2.20. The van der Waals surface area contributed by atoms with Crippen LogP contribution in [0.3, 0.4) is 0 Å². The van der Waals surface area contributed by atoms with E-state index < -0.39 is 30.2 Å². The monoisotopic (exact) mass is 268 g/mol. The van der Waals surface area contributed by atoms with Gasteiger partial charge in [0.2, 0.25) is 0 Å². The van der Waals surface area contributed by atoms with E-state index in [1.807, 2.05) is 0 Å². The maximum absolute atomic E-state index is 11.8. The maximum Gasteiger partial charge on any atom is 0.174 e. The van der Waals surface area contributed by atoms with Crippen LogP contribution in [0.2, 0.25) is 0 Å². The van der Waals surface area contributed by atoms with E-state index in [0.29, 0.717) is 12.5 Å². The number of hydrogen-bond donors (Lipinski definition) is 4. The molecule has 4 N–H and O–H groups in total. The molecule has 0 saturated heterocycles. The van der Waals surface area contributed by atoms with Crippen molar-refractivity contribution in [3.63, 3.8) is 0 Å². The summed E-state index contributed by atoms with van der Waals surface area (Å²) < 4.78 is 0. The lowest BCUT2D eigenvalue weighted by molar-refractivity contribution is -0.140. The number of hydrogen-bond acceptors (Lipinski definition) is 6. The van der Waals surface area contributed by atoms with Gasteiger partial charge in [0.1, 0.15) is 5.41 Å². The molecular weight excluding hydrogens is 252 g/mol. The first-order valence-corrected chi connectivity index (χ1v) is 5.34. The Hall–Kier alpha value is -2.18. The Balaban J connectivity index is 5.23. The van der Waals surface area contributed by atoms with Crippen molar-refractivity contribution in [3.8, 4) is 0 Å². The van der Waals surface area contributed by atoms with E-state index in [4.69, 9.17) is 10.2 Å². The van der Waals surface area contributed by atoms with Gasteiger partial charge in [-0.05, 0) is 24.3 Å². The first-order chi connectivity index (χ1) is 9.08. The standard InChI is InChI=1S/C13H16O6/c14-7-3-1-5-11(18)13(9-16,10-17)12(19)6-2-4-8-15/h1-8,14-17H,9-10H2. The normalized spacial score (nSPS) is 13.2. The van der Waals surface area contributed by atoms with Crippen molar-refractivity contribution in [2.24, 2.45) is 5.41 Å². The van der Waals surface area contributed by atoms with Gasteiger partial charge in [0.25, 0.3) is 0 Å². The minimum absolute atomic E-state index is 0.692. The van der Waals surface area contributed by atoms with Crippen LogP contribution in [0.5, 0.6) is 0 Å². The van der Waals surface area contributed by atoms with E-state index >= 15 is 0 Å². The highest BCUT2D eigenvalue weighted by Gasteiger charge is 2.41. The Morgan fingerprint density at radius 2 is 1.16 bits per heavy atom. The molecule has 0 rings (SSSR count). The number of allylic oxidation sites excluding steroid dienone is 6. The van der Waals surface area contributed by atoms with Crippen molar-refractivity contribution in [1.29, 1.82) is 0 Å². The van der Waals surface area contributed by atoms with Crippen molar-refractivity contribution in [2.45, 2.75) is 0 Å². The molecule has 0 unspecified atom stereocenters. The smallest absolute Gasteiger partial charge is 0.174 e. The molecule has 0 atom stereocenters. The molecule has 0 spiro atoms. The molecule has 0 aliphatic heterocycles. The Bertz CT molecular complexity index is 377. The van der Waals surface area contributed by atoms with Gasteiger partial charge in [-0.1, -0.05) is 12.2 Å². The lowest BCUT2D eigenvalue weighted by Crippen LogP contribution is -2.44. The number of rotatable bonds is 8. The van der Waals surface area contributed by atoms with Gasteiger partial charge in [0.05, 0.1) is 25.7 Å². The summed E-state index contributed by atoms with van der Waals surface area (Å²) in [5.41, 5.74) is -1.97. The van der Waals surface area contributed by atoms with Crippen LogP contribution in [0.1, 0.15) is 0 Å². The summed E-state index contributed by atoms with van der Waals surface area (Å²) >= 11 is 0. The number of ketones is 2. The highest BCUT2D eigenvalue weighted by molar-refractivity contribution is 6.15. The predicted molar refractivity (Wildman–Crippen MR) is 68.4 cm³/mol. The van der Waals surface area contributed by atoms with Crippen LogP contribution in [0, 0.1) is 5.41 Å². The van der Waals surface area contributed by atoms with Gasteiger partial charge >= 0.3 is 0 Å². The van der Waals surface area contributed by atoms with Crippen molar-refractivity contribution in [3.05, 3.63) is 49.0 Å². The quantitative estimate of drug-likeness (QED) is 0.218. The summed E-state index contributed by atoms with van der Waals surface area (Å²) in [5.74, 6) is -1.59. The minimum atomic E-state index is -1.97. The summed E-state index contributed by atoms with van der Waals surface area (Å²) in [5, 5.41) is 35.2. The molecule has 6 heteroatoms. The van der Waals surface area contributed by atoms with E-state index in [0.717, 1.165) is 24.3 Å². The SMILES string of the molecule is O=C(C=CC=CO)C(CO)(CO)C(=O)C=CC=CO. The second-order valence-electron chi connectivity index (χ2n) is 3.53. The third-order valence-electron chi connectivity index (χ3n) is 2.37. The zero-order chi connectivity index (χ0) is 14.7. The molecular formula is C13H16O6. The molecule has 0 amide bonds. The molecule has 6 nitrogen and oxygen atoms in total. The molecule has 0 aliphatic carbocycles. The van der Waals surface area contributed by atoms with E-state index in [1.54, 1.807) is 0 Å². The van der Waals surface area contributed by atoms with Gasteiger partial charge in [-0.15, -0.1) is 0 Å². The van der Waals surface area contributed by atoms with Crippen LogP contribution in [-0.4, -0.2) is 45.2 Å².